The van der Waals surface area contributed by atoms with Crippen molar-refractivity contribution in [3.63, 3.8) is 0 Å². The van der Waals surface area contributed by atoms with E-state index in [2.05, 4.69) is 4.72 Å². The fourth-order valence-electron chi connectivity index (χ4n) is 1.81. The Morgan fingerprint density at radius 2 is 2.05 bits per heavy atom. The van der Waals surface area contributed by atoms with Crippen molar-refractivity contribution in [1.29, 1.82) is 0 Å². The molecule has 1 atom stereocenters. The monoisotopic (exact) mass is 299 g/mol. The van der Waals surface area contributed by atoms with Gasteiger partial charge in [-0.1, -0.05) is 6.07 Å². The number of hydrogen-bond acceptors (Lipinski definition) is 3. The minimum Gasteiger partial charge on any atom is -0.207 e. The van der Waals surface area contributed by atoms with Crippen LogP contribution in [0.3, 0.4) is 0 Å². The standard InChI is InChI=1S/C13H14FNO2S2/c1-9-8-11(14)5-6-13(9)19(16,17)15-10(2)12-4-3-7-18-12/h3-8,10,15H,1-2H3. The second-order valence-corrected chi connectivity index (χ2v) is 6.93. The van der Waals surface area contributed by atoms with Crippen molar-refractivity contribution in [2.75, 3.05) is 0 Å². The number of aryl methyl sites for hydroxylation is 1. The van der Waals surface area contributed by atoms with Crippen LogP contribution in [0.15, 0.2) is 40.6 Å². The highest BCUT2D eigenvalue weighted by Crippen LogP contribution is 2.22. The van der Waals surface area contributed by atoms with Gasteiger partial charge < -0.3 is 0 Å². The maximum absolute atomic E-state index is 13.0. The summed E-state index contributed by atoms with van der Waals surface area (Å²) in [5, 5.41) is 1.89. The summed E-state index contributed by atoms with van der Waals surface area (Å²) in [6.45, 7) is 3.36. The molecule has 0 amide bonds. The van der Waals surface area contributed by atoms with Crippen molar-refractivity contribution in [2.45, 2.75) is 24.8 Å². The molecule has 0 saturated heterocycles. The number of rotatable bonds is 4. The maximum Gasteiger partial charge on any atom is 0.241 e. The van der Waals surface area contributed by atoms with Crippen LogP contribution in [0.25, 0.3) is 0 Å². The van der Waals surface area contributed by atoms with Crippen LogP contribution < -0.4 is 4.72 Å². The molecule has 2 aromatic rings. The third kappa shape index (κ3) is 3.20. The van der Waals surface area contributed by atoms with E-state index in [0.717, 1.165) is 10.9 Å². The molecule has 0 aliphatic carbocycles. The van der Waals surface area contributed by atoms with Gasteiger partial charge in [0.25, 0.3) is 0 Å². The van der Waals surface area contributed by atoms with E-state index < -0.39 is 15.8 Å². The molecule has 6 heteroatoms. The Labute approximate surface area is 116 Å². The first-order valence-corrected chi connectivity index (χ1v) is 8.08. The molecule has 1 aromatic carbocycles. The van der Waals surface area contributed by atoms with Gasteiger partial charge >= 0.3 is 0 Å². The smallest absolute Gasteiger partial charge is 0.207 e. The van der Waals surface area contributed by atoms with Gasteiger partial charge in [0, 0.05) is 4.88 Å². The van der Waals surface area contributed by atoms with Crippen LogP contribution in [0.4, 0.5) is 4.39 Å². The molecule has 0 radical (unpaired) electrons. The lowest BCUT2D eigenvalue weighted by molar-refractivity contribution is 0.567. The first-order valence-electron chi connectivity index (χ1n) is 5.72. The molecule has 0 bridgehead atoms. The largest absolute Gasteiger partial charge is 0.241 e. The maximum atomic E-state index is 13.0. The highest BCUT2D eigenvalue weighted by atomic mass is 32.2. The third-order valence-corrected chi connectivity index (χ3v) is 5.48. The lowest BCUT2D eigenvalue weighted by Gasteiger charge is -2.14. The Kier molecular flexibility index (Phi) is 4.03. The second-order valence-electron chi connectivity index (χ2n) is 4.27. The van der Waals surface area contributed by atoms with E-state index in [4.69, 9.17) is 0 Å². The van der Waals surface area contributed by atoms with Gasteiger partial charge in [-0.3, -0.25) is 0 Å². The van der Waals surface area contributed by atoms with Crippen LogP contribution in [0, 0.1) is 12.7 Å². The molecule has 0 aliphatic rings. The molecule has 1 heterocycles. The lowest BCUT2D eigenvalue weighted by atomic mass is 10.2. The Balaban J connectivity index is 2.28. The number of benzene rings is 1. The molecule has 0 spiro atoms. The number of thiophene rings is 1. The fraction of sp³-hybridized carbons (Fsp3) is 0.231. The van der Waals surface area contributed by atoms with Crippen molar-refractivity contribution in [3.05, 3.63) is 52.0 Å². The number of nitrogens with one attached hydrogen (secondary N) is 1. The number of hydrogen-bond donors (Lipinski definition) is 1. The Morgan fingerprint density at radius 1 is 1.32 bits per heavy atom. The quantitative estimate of drug-likeness (QED) is 0.942. The zero-order chi connectivity index (χ0) is 14.0. The summed E-state index contributed by atoms with van der Waals surface area (Å²) in [7, 11) is -3.64. The van der Waals surface area contributed by atoms with Crippen LogP contribution in [0.5, 0.6) is 0 Å². The van der Waals surface area contributed by atoms with E-state index in [9.17, 15) is 12.8 Å². The van der Waals surface area contributed by atoms with E-state index >= 15 is 0 Å². The Morgan fingerprint density at radius 3 is 2.63 bits per heavy atom. The summed E-state index contributed by atoms with van der Waals surface area (Å²) in [6, 6.07) is 7.08. The van der Waals surface area contributed by atoms with E-state index in [1.807, 2.05) is 17.5 Å². The fourth-order valence-corrected chi connectivity index (χ4v) is 4.06. The molecule has 1 unspecified atom stereocenters. The Hall–Kier alpha value is -1.24. The van der Waals surface area contributed by atoms with Gasteiger partial charge in [0.1, 0.15) is 5.82 Å². The molecule has 1 N–H and O–H groups in total. The number of sulfonamides is 1. The van der Waals surface area contributed by atoms with Crippen molar-refractivity contribution in [1.82, 2.24) is 4.72 Å². The van der Waals surface area contributed by atoms with Crippen molar-refractivity contribution >= 4 is 21.4 Å². The van der Waals surface area contributed by atoms with Crippen molar-refractivity contribution in [3.8, 4) is 0 Å². The minimum absolute atomic E-state index is 0.109. The van der Waals surface area contributed by atoms with Gasteiger partial charge in [0.15, 0.2) is 0 Å². The summed E-state index contributed by atoms with van der Waals surface area (Å²) >= 11 is 1.49. The highest BCUT2D eigenvalue weighted by molar-refractivity contribution is 7.89. The van der Waals surface area contributed by atoms with E-state index in [0.29, 0.717) is 5.56 Å². The molecule has 3 nitrogen and oxygen atoms in total. The van der Waals surface area contributed by atoms with Crippen LogP contribution in [0.1, 0.15) is 23.4 Å². The zero-order valence-electron chi connectivity index (χ0n) is 10.6. The van der Waals surface area contributed by atoms with Gasteiger partial charge in [0.2, 0.25) is 10.0 Å². The molecule has 0 fully saturated rings. The SMILES string of the molecule is Cc1cc(F)ccc1S(=O)(=O)NC(C)c1cccs1. The first kappa shape index (κ1) is 14.2. The van der Waals surface area contributed by atoms with Crippen molar-refractivity contribution < 1.29 is 12.8 Å². The van der Waals surface area contributed by atoms with Crippen LogP contribution >= 0.6 is 11.3 Å². The molecule has 2 rings (SSSR count). The summed E-state index contributed by atoms with van der Waals surface area (Å²) in [5.41, 5.74) is 0.394. The molecule has 102 valence electrons. The zero-order valence-corrected chi connectivity index (χ0v) is 12.2. The average molecular weight is 299 g/mol. The summed E-state index contributed by atoms with van der Waals surface area (Å²) in [6.07, 6.45) is 0. The van der Waals surface area contributed by atoms with E-state index in [-0.39, 0.29) is 10.9 Å². The highest BCUT2D eigenvalue weighted by Gasteiger charge is 2.20. The predicted molar refractivity (Wildman–Crippen MR) is 74.2 cm³/mol. The molecule has 1 aromatic heterocycles. The normalized spacial score (nSPS) is 13.4. The van der Waals surface area contributed by atoms with Gasteiger partial charge in [0.05, 0.1) is 10.9 Å². The summed E-state index contributed by atoms with van der Waals surface area (Å²) < 4.78 is 40.1. The van der Waals surface area contributed by atoms with E-state index in [1.165, 1.54) is 23.5 Å². The third-order valence-electron chi connectivity index (χ3n) is 2.73. The van der Waals surface area contributed by atoms with Gasteiger partial charge in [-0.25, -0.2) is 17.5 Å². The topological polar surface area (TPSA) is 46.2 Å². The summed E-state index contributed by atoms with van der Waals surface area (Å²) in [4.78, 5) is 1.04. The molecular formula is C13H14FNO2S2. The average Bonchev–Trinajstić information content (AvgIpc) is 2.80. The van der Waals surface area contributed by atoms with E-state index in [1.54, 1.807) is 13.8 Å². The van der Waals surface area contributed by atoms with Gasteiger partial charge in [-0.05, 0) is 49.1 Å². The Bertz CT molecular complexity index is 666. The van der Waals surface area contributed by atoms with Crippen LogP contribution in [0.2, 0.25) is 0 Å². The van der Waals surface area contributed by atoms with Crippen LogP contribution in [-0.2, 0) is 10.0 Å². The predicted octanol–water partition coefficient (Wildman–Crippen LogP) is 3.24. The number of halogens is 1. The molecule has 0 aliphatic heterocycles. The first-order chi connectivity index (χ1) is 8.90. The summed E-state index contributed by atoms with van der Waals surface area (Å²) in [5.74, 6) is -0.442. The van der Waals surface area contributed by atoms with Crippen molar-refractivity contribution in [2.24, 2.45) is 0 Å². The van der Waals surface area contributed by atoms with Gasteiger partial charge in [-0.15, -0.1) is 11.3 Å². The molecule has 19 heavy (non-hydrogen) atoms. The molecular weight excluding hydrogens is 285 g/mol. The van der Waals surface area contributed by atoms with Gasteiger partial charge in [-0.2, -0.15) is 0 Å². The van der Waals surface area contributed by atoms with Crippen LogP contribution in [-0.4, -0.2) is 8.42 Å². The minimum atomic E-state index is -3.64. The molecule has 0 saturated carbocycles. The second kappa shape index (κ2) is 5.40. The lowest BCUT2D eigenvalue weighted by Crippen LogP contribution is -2.27.